The number of hydrogen-bond acceptors (Lipinski definition) is 3. The van der Waals surface area contributed by atoms with Crippen LogP contribution >= 0.6 is 0 Å². The number of aryl methyl sites for hydroxylation is 1. The summed E-state index contributed by atoms with van der Waals surface area (Å²) in [5, 5.41) is 4.03. The van der Waals surface area contributed by atoms with Crippen molar-refractivity contribution in [3.05, 3.63) is 18.5 Å². The van der Waals surface area contributed by atoms with Crippen molar-refractivity contribution in [1.82, 2.24) is 14.7 Å². The molecule has 1 saturated heterocycles. The van der Waals surface area contributed by atoms with Gasteiger partial charge in [-0.3, -0.25) is 9.48 Å². The number of aromatic nitrogens is 2. The zero-order valence-corrected chi connectivity index (χ0v) is 7.97. The van der Waals surface area contributed by atoms with E-state index in [4.69, 9.17) is 5.73 Å². The largest absolute Gasteiger partial charge is 0.339 e. The Kier molecular flexibility index (Phi) is 2.49. The third-order valence-corrected chi connectivity index (χ3v) is 2.38. The molecule has 0 bridgehead atoms. The molecule has 0 saturated carbocycles. The molecule has 2 rings (SSSR count). The van der Waals surface area contributed by atoms with Gasteiger partial charge in [-0.15, -0.1) is 0 Å². The van der Waals surface area contributed by atoms with E-state index in [1.165, 1.54) is 0 Å². The lowest BCUT2D eigenvalue weighted by Crippen LogP contribution is -2.57. The van der Waals surface area contributed by atoms with Crippen LogP contribution in [0.15, 0.2) is 18.5 Å². The summed E-state index contributed by atoms with van der Waals surface area (Å²) in [5.41, 5.74) is 5.59. The minimum atomic E-state index is 0.169. The molecule has 76 valence electrons. The first-order valence-electron chi connectivity index (χ1n) is 4.76. The quantitative estimate of drug-likeness (QED) is 0.701. The number of rotatable bonds is 3. The van der Waals surface area contributed by atoms with Gasteiger partial charge in [-0.25, -0.2) is 0 Å². The number of likely N-dealkylation sites (tertiary alicyclic amines) is 1. The van der Waals surface area contributed by atoms with Gasteiger partial charge in [-0.2, -0.15) is 5.10 Å². The molecule has 1 aliphatic heterocycles. The van der Waals surface area contributed by atoms with E-state index in [2.05, 4.69) is 5.10 Å². The Morgan fingerprint density at radius 2 is 2.36 bits per heavy atom. The molecule has 0 atom stereocenters. The fourth-order valence-corrected chi connectivity index (χ4v) is 1.52. The summed E-state index contributed by atoms with van der Waals surface area (Å²) in [4.78, 5) is 13.3. The van der Waals surface area contributed by atoms with E-state index in [0.29, 0.717) is 26.1 Å². The molecule has 1 aliphatic rings. The van der Waals surface area contributed by atoms with Crippen molar-refractivity contribution in [2.45, 2.75) is 19.0 Å². The van der Waals surface area contributed by atoms with Crippen LogP contribution in [0.1, 0.15) is 6.42 Å². The summed E-state index contributed by atoms with van der Waals surface area (Å²) >= 11 is 0. The molecule has 1 aromatic heterocycles. The maximum Gasteiger partial charge on any atom is 0.224 e. The number of hydrogen-bond donors (Lipinski definition) is 1. The predicted octanol–water partition coefficient (Wildman–Crippen LogP) is -0.557. The average Bonchev–Trinajstić information content (AvgIpc) is 2.61. The predicted molar refractivity (Wildman–Crippen MR) is 51.4 cm³/mol. The van der Waals surface area contributed by atoms with Gasteiger partial charge in [-0.1, -0.05) is 0 Å². The summed E-state index contributed by atoms with van der Waals surface area (Å²) in [5.74, 6) is 0.169. The second-order valence-electron chi connectivity index (χ2n) is 3.58. The molecule has 1 amide bonds. The molecule has 0 unspecified atom stereocenters. The highest BCUT2D eigenvalue weighted by atomic mass is 16.2. The van der Waals surface area contributed by atoms with Crippen LogP contribution in [0.5, 0.6) is 0 Å². The maximum atomic E-state index is 11.5. The number of carbonyl (C=O) groups is 1. The van der Waals surface area contributed by atoms with Gasteiger partial charge in [0.25, 0.3) is 0 Å². The lowest BCUT2D eigenvalue weighted by molar-refractivity contribution is -0.135. The molecule has 2 N–H and O–H groups in total. The van der Waals surface area contributed by atoms with Gasteiger partial charge in [0, 0.05) is 44.5 Å². The van der Waals surface area contributed by atoms with Crippen LogP contribution in [-0.2, 0) is 11.3 Å². The normalized spacial score (nSPS) is 16.8. The van der Waals surface area contributed by atoms with Gasteiger partial charge in [0.15, 0.2) is 0 Å². The Morgan fingerprint density at radius 3 is 2.93 bits per heavy atom. The van der Waals surface area contributed by atoms with E-state index < -0.39 is 0 Å². The smallest absolute Gasteiger partial charge is 0.224 e. The van der Waals surface area contributed by atoms with Gasteiger partial charge >= 0.3 is 0 Å². The van der Waals surface area contributed by atoms with Crippen molar-refractivity contribution in [2.75, 3.05) is 13.1 Å². The fraction of sp³-hybridized carbons (Fsp3) is 0.556. The highest BCUT2D eigenvalue weighted by Crippen LogP contribution is 2.07. The molecule has 0 aliphatic carbocycles. The lowest BCUT2D eigenvalue weighted by Gasteiger charge is -2.36. The average molecular weight is 194 g/mol. The van der Waals surface area contributed by atoms with Crippen molar-refractivity contribution in [1.29, 1.82) is 0 Å². The monoisotopic (exact) mass is 194 g/mol. The van der Waals surface area contributed by atoms with Gasteiger partial charge < -0.3 is 10.6 Å². The van der Waals surface area contributed by atoms with Crippen LogP contribution in [0.3, 0.4) is 0 Å². The van der Waals surface area contributed by atoms with Crippen molar-refractivity contribution in [2.24, 2.45) is 5.73 Å². The molecule has 1 aromatic rings. The van der Waals surface area contributed by atoms with Crippen LogP contribution in [0.4, 0.5) is 0 Å². The second-order valence-corrected chi connectivity index (χ2v) is 3.58. The zero-order chi connectivity index (χ0) is 9.97. The Bertz CT molecular complexity index is 303. The third kappa shape index (κ3) is 1.93. The first-order chi connectivity index (χ1) is 6.75. The first-order valence-corrected chi connectivity index (χ1v) is 4.76. The zero-order valence-electron chi connectivity index (χ0n) is 7.97. The van der Waals surface area contributed by atoms with Crippen LogP contribution in [0.2, 0.25) is 0 Å². The van der Waals surface area contributed by atoms with Gasteiger partial charge in [0.1, 0.15) is 0 Å². The van der Waals surface area contributed by atoms with E-state index in [1.807, 2.05) is 12.3 Å². The maximum absolute atomic E-state index is 11.5. The Hall–Kier alpha value is -1.36. The molecular weight excluding hydrogens is 180 g/mol. The van der Waals surface area contributed by atoms with E-state index >= 15 is 0 Å². The molecule has 0 aromatic carbocycles. The number of nitrogens with zero attached hydrogens (tertiary/aromatic N) is 3. The number of carbonyl (C=O) groups excluding carboxylic acids is 1. The summed E-state index contributed by atoms with van der Waals surface area (Å²) in [6.07, 6.45) is 4.08. The summed E-state index contributed by atoms with van der Waals surface area (Å²) in [7, 11) is 0. The van der Waals surface area contributed by atoms with Crippen LogP contribution in [0, 0.1) is 0 Å². The summed E-state index contributed by atoms with van der Waals surface area (Å²) in [6.45, 7) is 2.06. The standard InChI is InChI=1S/C9H14N4O/c10-8-6-12(7-8)9(14)2-5-13-4-1-3-11-13/h1,3-4,8H,2,5-7,10H2. The molecular formula is C9H14N4O. The van der Waals surface area contributed by atoms with E-state index in [-0.39, 0.29) is 11.9 Å². The van der Waals surface area contributed by atoms with Crippen molar-refractivity contribution in [3.63, 3.8) is 0 Å². The fourth-order valence-electron chi connectivity index (χ4n) is 1.52. The second kappa shape index (κ2) is 3.79. The van der Waals surface area contributed by atoms with Crippen molar-refractivity contribution < 1.29 is 4.79 Å². The Balaban J connectivity index is 1.73. The minimum Gasteiger partial charge on any atom is -0.339 e. The molecule has 0 radical (unpaired) electrons. The third-order valence-electron chi connectivity index (χ3n) is 2.38. The Morgan fingerprint density at radius 1 is 1.57 bits per heavy atom. The number of amides is 1. The van der Waals surface area contributed by atoms with E-state index in [0.717, 1.165) is 0 Å². The molecule has 5 nitrogen and oxygen atoms in total. The molecule has 5 heteroatoms. The van der Waals surface area contributed by atoms with Crippen LogP contribution in [-0.4, -0.2) is 39.7 Å². The minimum absolute atomic E-state index is 0.169. The Labute approximate surface area is 82.5 Å². The molecule has 1 fully saturated rings. The summed E-state index contributed by atoms with van der Waals surface area (Å²) in [6, 6.07) is 2.04. The first kappa shape index (κ1) is 9.21. The van der Waals surface area contributed by atoms with Gasteiger partial charge in [-0.05, 0) is 6.07 Å². The van der Waals surface area contributed by atoms with E-state index in [9.17, 15) is 4.79 Å². The SMILES string of the molecule is NC1CN(C(=O)CCn2cccn2)C1. The van der Waals surface area contributed by atoms with E-state index in [1.54, 1.807) is 15.8 Å². The summed E-state index contributed by atoms with van der Waals surface area (Å²) < 4.78 is 1.76. The van der Waals surface area contributed by atoms with Gasteiger partial charge in [0.05, 0.1) is 0 Å². The van der Waals surface area contributed by atoms with Crippen LogP contribution in [0.25, 0.3) is 0 Å². The van der Waals surface area contributed by atoms with Gasteiger partial charge in [0.2, 0.25) is 5.91 Å². The van der Waals surface area contributed by atoms with Crippen molar-refractivity contribution >= 4 is 5.91 Å². The van der Waals surface area contributed by atoms with Crippen LogP contribution < -0.4 is 5.73 Å². The molecule has 14 heavy (non-hydrogen) atoms. The highest BCUT2D eigenvalue weighted by molar-refractivity contribution is 5.77. The highest BCUT2D eigenvalue weighted by Gasteiger charge is 2.26. The molecule has 2 heterocycles. The molecule has 0 spiro atoms. The van der Waals surface area contributed by atoms with Crippen molar-refractivity contribution in [3.8, 4) is 0 Å². The topological polar surface area (TPSA) is 64.2 Å². The lowest BCUT2D eigenvalue weighted by atomic mass is 10.1. The number of nitrogens with two attached hydrogens (primary N) is 1.